The second-order valence-electron chi connectivity index (χ2n) is 17.1. The summed E-state index contributed by atoms with van der Waals surface area (Å²) in [5, 5.41) is 17.9. The number of aryl methyl sites for hydroxylation is 4. The summed E-state index contributed by atoms with van der Waals surface area (Å²) < 4.78 is 13.5. The van der Waals surface area contributed by atoms with Crippen LogP contribution in [0.5, 0.6) is 0 Å². The molecule has 11 aromatic rings. The Bertz CT molecular complexity index is 3530. The first kappa shape index (κ1) is 38.6. The summed E-state index contributed by atoms with van der Waals surface area (Å²) in [6, 6.07) is 52.8. The highest BCUT2D eigenvalue weighted by Crippen LogP contribution is 2.44. The average molecular weight is 827 g/mol. The molecule has 0 saturated carbocycles. The molecule has 0 atom stereocenters. The third-order valence-electron chi connectivity index (χ3n) is 13.3. The average Bonchev–Trinajstić information content (AvgIpc) is 3.87. The van der Waals surface area contributed by atoms with Crippen molar-refractivity contribution in [3.05, 3.63) is 196 Å². The smallest absolute Gasteiger partial charge is 0.187 e. The van der Waals surface area contributed by atoms with Crippen molar-refractivity contribution in [2.45, 2.75) is 41.5 Å². The van der Waals surface area contributed by atoms with E-state index >= 15 is 0 Å². The Morgan fingerprint density at radius 2 is 0.828 bits per heavy atom. The lowest BCUT2D eigenvalue weighted by atomic mass is 10.0. The fourth-order valence-corrected chi connectivity index (χ4v) is 9.41. The van der Waals surface area contributed by atoms with Crippen LogP contribution in [-0.2, 0) is 0 Å². The molecule has 6 nitrogen and oxygen atoms in total. The molecule has 0 radical (unpaired) electrons. The summed E-state index contributed by atoms with van der Waals surface area (Å²) in [7, 11) is 0. The van der Waals surface area contributed by atoms with Crippen LogP contribution in [0.25, 0.3) is 70.3 Å². The van der Waals surface area contributed by atoms with Crippen LogP contribution in [0.4, 0.5) is 39.8 Å². The molecular weight excluding hydrogens is 785 g/mol. The number of anilines is 6. The second kappa shape index (κ2) is 14.7. The van der Waals surface area contributed by atoms with Gasteiger partial charge in [0.15, 0.2) is 5.69 Å². The van der Waals surface area contributed by atoms with Gasteiger partial charge in [0.25, 0.3) is 0 Å². The molecular formula is C58H42N4O2. The van der Waals surface area contributed by atoms with Gasteiger partial charge in [-0.05, 0) is 201 Å². The van der Waals surface area contributed by atoms with Crippen LogP contribution >= 0.6 is 0 Å². The minimum atomic E-state index is 0.612. The largest absolute Gasteiger partial charge is 0.455 e. The van der Waals surface area contributed by atoms with E-state index < -0.39 is 0 Å². The fourth-order valence-electron chi connectivity index (χ4n) is 9.41. The molecule has 306 valence electrons. The molecule has 0 amide bonds. The third kappa shape index (κ3) is 6.15. The Labute approximate surface area is 371 Å². The summed E-state index contributed by atoms with van der Waals surface area (Å²) >= 11 is 0. The highest BCUT2D eigenvalue weighted by molar-refractivity contribution is 6.22. The van der Waals surface area contributed by atoms with Crippen molar-refractivity contribution in [3.63, 3.8) is 0 Å². The van der Waals surface area contributed by atoms with Gasteiger partial charge in [-0.2, -0.15) is 5.26 Å². The maximum absolute atomic E-state index is 9.52. The number of hydrogen-bond donors (Lipinski definition) is 0. The van der Waals surface area contributed by atoms with Gasteiger partial charge >= 0.3 is 0 Å². The topological polar surface area (TPSA) is 60.9 Å². The molecule has 9 aromatic carbocycles. The Balaban J connectivity index is 1.00. The monoisotopic (exact) mass is 826 g/mol. The van der Waals surface area contributed by atoms with Crippen molar-refractivity contribution >= 4 is 105 Å². The highest BCUT2D eigenvalue weighted by atomic mass is 16.3. The first-order valence-electron chi connectivity index (χ1n) is 21.5. The molecule has 0 spiro atoms. The molecule has 0 aliphatic rings. The van der Waals surface area contributed by atoms with E-state index in [-0.39, 0.29) is 0 Å². The first-order chi connectivity index (χ1) is 31.1. The molecule has 0 N–H and O–H groups in total. The van der Waals surface area contributed by atoms with Crippen molar-refractivity contribution in [2.75, 3.05) is 9.80 Å². The molecule has 6 heteroatoms. The Morgan fingerprint density at radius 3 is 1.25 bits per heavy atom. The number of fused-ring (bicyclic) bond motifs is 10. The zero-order chi connectivity index (χ0) is 44.0. The minimum Gasteiger partial charge on any atom is -0.455 e. The molecule has 0 bridgehead atoms. The summed E-state index contributed by atoms with van der Waals surface area (Å²) in [5.74, 6) is 0. The SMILES string of the molecule is [C-]#[N+]c1ccc(N(c2cc(C)c(C)c(C)c2)c2ccc3c(ccc4c5cc6c(cc5oc34)oc3c4ccc(N(c5ccc(C#N)cc5)c5cc(C)c(C)c(C)c5)cc4ccc63)c2)cc1. The van der Waals surface area contributed by atoms with Crippen LogP contribution in [0.2, 0.25) is 0 Å². The van der Waals surface area contributed by atoms with Gasteiger partial charge in [-0.25, -0.2) is 4.85 Å². The van der Waals surface area contributed by atoms with E-state index in [1.807, 2.05) is 54.6 Å². The van der Waals surface area contributed by atoms with Gasteiger partial charge in [0.05, 0.1) is 18.2 Å². The molecule has 2 aromatic heterocycles. The van der Waals surface area contributed by atoms with E-state index in [1.54, 1.807) is 0 Å². The lowest BCUT2D eigenvalue weighted by Crippen LogP contribution is -2.11. The maximum Gasteiger partial charge on any atom is 0.187 e. The van der Waals surface area contributed by atoms with E-state index in [9.17, 15) is 5.26 Å². The highest BCUT2D eigenvalue weighted by Gasteiger charge is 2.21. The molecule has 2 heterocycles. The van der Waals surface area contributed by atoms with Crippen molar-refractivity contribution in [1.29, 1.82) is 5.26 Å². The van der Waals surface area contributed by atoms with Gasteiger partial charge in [0.1, 0.15) is 22.3 Å². The lowest BCUT2D eigenvalue weighted by Gasteiger charge is -2.27. The van der Waals surface area contributed by atoms with E-state index in [0.29, 0.717) is 11.3 Å². The van der Waals surface area contributed by atoms with Crippen molar-refractivity contribution in [2.24, 2.45) is 0 Å². The number of benzene rings is 9. The van der Waals surface area contributed by atoms with Gasteiger partial charge in [-0.1, -0.05) is 24.3 Å². The van der Waals surface area contributed by atoms with Crippen molar-refractivity contribution < 1.29 is 8.83 Å². The summed E-state index contributed by atoms with van der Waals surface area (Å²) in [6.45, 7) is 20.5. The van der Waals surface area contributed by atoms with E-state index in [2.05, 4.69) is 153 Å². The van der Waals surface area contributed by atoms with Crippen LogP contribution in [0.15, 0.2) is 154 Å². The minimum absolute atomic E-state index is 0.612. The van der Waals surface area contributed by atoms with Crippen LogP contribution in [0.3, 0.4) is 0 Å². The number of hydrogen-bond acceptors (Lipinski definition) is 5. The normalized spacial score (nSPS) is 11.6. The Morgan fingerprint density at radius 1 is 0.422 bits per heavy atom. The predicted molar refractivity (Wildman–Crippen MR) is 265 cm³/mol. The van der Waals surface area contributed by atoms with Gasteiger partial charge in [0.2, 0.25) is 0 Å². The molecule has 0 fully saturated rings. The van der Waals surface area contributed by atoms with E-state index in [4.69, 9.17) is 15.4 Å². The number of furan rings is 2. The van der Waals surface area contributed by atoms with Crippen LogP contribution in [-0.4, -0.2) is 0 Å². The maximum atomic E-state index is 9.52. The first-order valence-corrected chi connectivity index (χ1v) is 21.5. The zero-order valence-electron chi connectivity index (χ0n) is 36.5. The van der Waals surface area contributed by atoms with Gasteiger partial charge in [-0.3, -0.25) is 0 Å². The molecule has 0 unspecified atom stereocenters. The fraction of sp³-hybridized carbons (Fsp3) is 0.103. The third-order valence-corrected chi connectivity index (χ3v) is 13.3. The van der Waals surface area contributed by atoms with Crippen molar-refractivity contribution in [1.82, 2.24) is 0 Å². The van der Waals surface area contributed by atoms with Crippen LogP contribution in [0.1, 0.15) is 38.9 Å². The molecule has 64 heavy (non-hydrogen) atoms. The molecule has 0 aliphatic heterocycles. The quantitative estimate of drug-likeness (QED) is 0.156. The standard InChI is InChI=1S/C58H42N4O2/c1-33-24-47(25-34(2)37(33)5)61(43-14-8-39(32-59)9-15-43)45-18-22-49-40(28-45)10-20-51-53-30-54-52-21-11-41-29-46(19-23-50(41)58(52)64-56(54)31-55(53)63-57(49)51)62(44-16-12-42(60-7)13-17-44)48-26-35(3)38(6)36(4)27-48/h8-31H,1-6H3. The zero-order valence-corrected chi connectivity index (χ0v) is 36.5. The summed E-state index contributed by atoms with van der Waals surface area (Å²) in [4.78, 5) is 8.14. The van der Waals surface area contributed by atoms with Crippen molar-refractivity contribution in [3.8, 4) is 6.07 Å². The number of nitriles is 1. The van der Waals surface area contributed by atoms with Crippen LogP contribution < -0.4 is 9.80 Å². The van der Waals surface area contributed by atoms with Gasteiger partial charge in [0, 0.05) is 72.5 Å². The van der Waals surface area contributed by atoms with Gasteiger partial charge < -0.3 is 18.6 Å². The Kier molecular flexibility index (Phi) is 8.84. The summed E-state index contributed by atoms with van der Waals surface area (Å²) in [5.41, 5.74) is 18.1. The van der Waals surface area contributed by atoms with Gasteiger partial charge in [-0.15, -0.1) is 0 Å². The van der Waals surface area contributed by atoms with Crippen LogP contribution in [0, 0.1) is 59.4 Å². The van der Waals surface area contributed by atoms with E-state index in [0.717, 1.165) is 99.5 Å². The predicted octanol–water partition coefficient (Wildman–Crippen LogP) is 17.0. The second-order valence-corrected chi connectivity index (χ2v) is 17.1. The molecule has 0 saturated heterocycles. The number of nitrogens with zero attached hydrogens (tertiary/aromatic N) is 4. The Hall–Kier alpha value is -8.32. The lowest BCUT2D eigenvalue weighted by molar-refractivity contribution is 0.660. The van der Waals surface area contributed by atoms with E-state index in [1.165, 1.54) is 33.4 Å². The number of rotatable bonds is 6. The molecule has 0 aliphatic carbocycles. The summed E-state index contributed by atoms with van der Waals surface area (Å²) in [6.07, 6.45) is 0. The molecule has 11 rings (SSSR count).